The van der Waals surface area contributed by atoms with Crippen LogP contribution in [0.3, 0.4) is 0 Å². The van der Waals surface area contributed by atoms with Gasteiger partial charge in [0.2, 0.25) is 5.76 Å². The number of ether oxygens (including phenoxy) is 1. The van der Waals surface area contributed by atoms with E-state index in [2.05, 4.69) is 21.9 Å². The summed E-state index contributed by atoms with van der Waals surface area (Å²) in [6.45, 7) is 4.68. The zero-order chi connectivity index (χ0) is 20.1. The molecule has 0 unspecified atom stereocenters. The second kappa shape index (κ2) is 9.02. The summed E-state index contributed by atoms with van der Waals surface area (Å²) < 4.78 is 18.4. The van der Waals surface area contributed by atoms with Crippen LogP contribution in [0.1, 0.15) is 11.5 Å². The van der Waals surface area contributed by atoms with Crippen molar-refractivity contribution in [2.45, 2.75) is 24.1 Å². The Balaban J connectivity index is 1.42. The first-order chi connectivity index (χ1) is 14.2. The van der Waals surface area contributed by atoms with Gasteiger partial charge < -0.3 is 13.7 Å². The molecule has 9 heteroatoms. The summed E-state index contributed by atoms with van der Waals surface area (Å²) in [6.07, 6.45) is 3.39. The lowest BCUT2D eigenvalue weighted by Crippen LogP contribution is -2.07. The second-order valence-electron chi connectivity index (χ2n) is 5.99. The summed E-state index contributed by atoms with van der Waals surface area (Å²) >= 11 is 7.41. The molecule has 0 fully saturated rings. The first-order valence-electron chi connectivity index (χ1n) is 8.76. The standard InChI is InChI=1S/C20H17ClN4O3S/c1-2-9-25-19(12-27-16-7-5-14(21)6-8-16)22-23-20(25)29-13-15-11-18(28-24-15)17-4-3-10-26-17/h2-8,10-11H,1,9,12-13H2. The normalized spacial score (nSPS) is 10.9. The molecule has 148 valence electrons. The maximum atomic E-state index is 5.90. The van der Waals surface area contributed by atoms with E-state index in [4.69, 9.17) is 25.3 Å². The van der Waals surface area contributed by atoms with Crippen molar-refractivity contribution in [3.63, 3.8) is 0 Å². The maximum Gasteiger partial charge on any atom is 0.202 e. The molecule has 4 aromatic rings. The Morgan fingerprint density at radius 2 is 2.03 bits per heavy atom. The number of aromatic nitrogens is 4. The number of furan rings is 1. The van der Waals surface area contributed by atoms with Gasteiger partial charge in [0.25, 0.3) is 0 Å². The summed E-state index contributed by atoms with van der Waals surface area (Å²) in [4.78, 5) is 0. The van der Waals surface area contributed by atoms with Crippen molar-refractivity contribution in [2.75, 3.05) is 0 Å². The molecule has 7 nitrogen and oxygen atoms in total. The summed E-state index contributed by atoms with van der Waals surface area (Å²) in [6, 6.07) is 12.7. The molecule has 0 atom stereocenters. The molecule has 0 aliphatic rings. The van der Waals surface area contributed by atoms with Crippen molar-refractivity contribution >= 4 is 23.4 Å². The first-order valence-corrected chi connectivity index (χ1v) is 10.1. The van der Waals surface area contributed by atoms with Crippen LogP contribution in [-0.4, -0.2) is 19.9 Å². The van der Waals surface area contributed by atoms with Gasteiger partial charge in [-0.15, -0.1) is 16.8 Å². The fraction of sp³-hybridized carbons (Fsp3) is 0.150. The van der Waals surface area contributed by atoms with Gasteiger partial charge in [0.05, 0.1) is 12.0 Å². The lowest BCUT2D eigenvalue weighted by Gasteiger charge is -2.09. The molecule has 0 saturated carbocycles. The van der Waals surface area contributed by atoms with E-state index >= 15 is 0 Å². The van der Waals surface area contributed by atoms with Crippen molar-refractivity contribution in [1.29, 1.82) is 0 Å². The van der Waals surface area contributed by atoms with Crippen LogP contribution in [0.15, 0.2) is 75.5 Å². The summed E-state index contributed by atoms with van der Waals surface area (Å²) in [7, 11) is 0. The first kappa shape index (κ1) is 19.4. The number of thioether (sulfide) groups is 1. The quantitative estimate of drug-likeness (QED) is 0.266. The average molecular weight is 429 g/mol. The van der Waals surface area contributed by atoms with Gasteiger partial charge in [-0.2, -0.15) is 0 Å². The molecular weight excluding hydrogens is 412 g/mol. The van der Waals surface area contributed by atoms with Crippen LogP contribution in [0, 0.1) is 0 Å². The highest BCUT2D eigenvalue weighted by molar-refractivity contribution is 7.98. The van der Waals surface area contributed by atoms with Gasteiger partial charge in [-0.3, -0.25) is 4.57 Å². The van der Waals surface area contributed by atoms with Gasteiger partial charge in [-0.1, -0.05) is 34.6 Å². The molecular formula is C20H17ClN4O3S. The predicted octanol–water partition coefficient (Wildman–Crippen LogP) is 5.24. The molecule has 1 aromatic carbocycles. The minimum absolute atomic E-state index is 0.287. The molecule has 29 heavy (non-hydrogen) atoms. The lowest BCUT2D eigenvalue weighted by atomic mass is 10.3. The minimum atomic E-state index is 0.287. The highest BCUT2D eigenvalue weighted by Gasteiger charge is 2.15. The molecule has 3 aromatic heterocycles. The van der Waals surface area contributed by atoms with Gasteiger partial charge in [0.15, 0.2) is 16.7 Å². The predicted molar refractivity (Wildman–Crippen MR) is 110 cm³/mol. The third-order valence-electron chi connectivity index (χ3n) is 3.96. The highest BCUT2D eigenvalue weighted by Crippen LogP contribution is 2.26. The largest absolute Gasteiger partial charge is 0.486 e. The Morgan fingerprint density at radius 3 is 2.79 bits per heavy atom. The van der Waals surface area contributed by atoms with E-state index in [1.165, 1.54) is 11.8 Å². The van der Waals surface area contributed by atoms with Crippen LogP contribution >= 0.6 is 23.4 Å². The van der Waals surface area contributed by atoms with E-state index < -0.39 is 0 Å². The molecule has 0 N–H and O–H groups in total. The molecule has 0 spiro atoms. The van der Waals surface area contributed by atoms with Crippen LogP contribution < -0.4 is 4.74 Å². The lowest BCUT2D eigenvalue weighted by molar-refractivity contribution is 0.289. The van der Waals surface area contributed by atoms with Gasteiger partial charge >= 0.3 is 0 Å². The molecule has 0 saturated heterocycles. The van der Waals surface area contributed by atoms with Crippen molar-refractivity contribution < 1.29 is 13.7 Å². The SMILES string of the molecule is C=CCn1c(COc2ccc(Cl)cc2)nnc1SCc1cc(-c2ccco2)on1. The van der Waals surface area contributed by atoms with E-state index in [1.54, 1.807) is 30.5 Å². The number of nitrogens with zero attached hydrogens (tertiary/aromatic N) is 4. The Morgan fingerprint density at radius 1 is 1.17 bits per heavy atom. The average Bonchev–Trinajstić information content (AvgIpc) is 3.48. The number of benzene rings is 1. The number of halogens is 1. The fourth-order valence-corrected chi connectivity index (χ4v) is 3.55. The van der Waals surface area contributed by atoms with Crippen LogP contribution in [0.4, 0.5) is 0 Å². The third-order valence-corrected chi connectivity index (χ3v) is 5.21. The van der Waals surface area contributed by atoms with Crippen LogP contribution in [0.25, 0.3) is 11.5 Å². The third kappa shape index (κ3) is 4.72. The smallest absolute Gasteiger partial charge is 0.202 e. The van der Waals surface area contributed by atoms with E-state index in [0.29, 0.717) is 40.4 Å². The minimum Gasteiger partial charge on any atom is -0.486 e. The van der Waals surface area contributed by atoms with Crippen molar-refractivity contribution in [3.05, 3.63) is 77.9 Å². The summed E-state index contributed by atoms with van der Waals surface area (Å²) in [5.74, 6) is 3.24. The van der Waals surface area contributed by atoms with Crippen molar-refractivity contribution in [2.24, 2.45) is 0 Å². The van der Waals surface area contributed by atoms with Crippen molar-refractivity contribution in [1.82, 2.24) is 19.9 Å². The van der Waals surface area contributed by atoms with E-state index in [9.17, 15) is 0 Å². The van der Waals surface area contributed by atoms with E-state index in [1.807, 2.05) is 28.8 Å². The number of hydrogen-bond acceptors (Lipinski definition) is 7. The van der Waals surface area contributed by atoms with E-state index in [-0.39, 0.29) is 6.61 Å². The molecule has 0 aliphatic heterocycles. The van der Waals surface area contributed by atoms with Gasteiger partial charge in [0.1, 0.15) is 12.4 Å². The second-order valence-corrected chi connectivity index (χ2v) is 7.37. The monoisotopic (exact) mass is 428 g/mol. The molecule has 4 rings (SSSR count). The van der Waals surface area contributed by atoms with Gasteiger partial charge in [0, 0.05) is 23.4 Å². The Kier molecular flexibility index (Phi) is 6.02. The summed E-state index contributed by atoms with van der Waals surface area (Å²) in [5, 5.41) is 14.0. The molecule has 0 aliphatic carbocycles. The number of hydrogen-bond donors (Lipinski definition) is 0. The Hall–Kier alpha value is -2.97. The van der Waals surface area contributed by atoms with Crippen LogP contribution in [0.5, 0.6) is 5.75 Å². The Labute approximate surface area is 176 Å². The molecule has 0 bridgehead atoms. The molecule has 0 amide bonds. The van der Waals surface area contributed by atoms with Crippen LogP contribution in [-0.2, 0) is 18.9 Å². The fourth-order valence-electron chi connectivity index (χ4n) is 2.58. The van der Waals surface area contributed by atoms with Gasteiger partial charge in [-0.05, 0) is 36.4 Å². The van der Waals surface area contributed by atoms with Crippen LogP contribution in [0.2, 0.25) is 5.02 Å². The summed E-state index contributed by atoms with van der Waals surface area (Å²) in [5.41, 5.74) is 0.786. The highest BCUT2D eigenvalue weighted by atomic mass is 35.5. The molecule has 3 heterocycles. The van der Waals surface area contributed by atoms with Gasteiger partial charge in [-0.25, -0.2) is 0 Å². The zero-order valence-corrected chi connectivity index (χ0v) is 16.9. The number of allylic oxidation sites excluding steroid dienone is 1. The van der Waals surface area contributed by atoms with Crippen molar-refractivity contribution in [3.8, 4) is 17.3 Å². The zero-order valence-electron chi connectivity index (χ0n) is 15.3. The molecule has 0 radical (unpaired) electrons. The topological polar surface area (TPSA) is 79.1 Å². The number of rotatable bonds is 9. The van der Waals surface area contributed by atoms with E-state index in [0.717, 1.165) is 10.9 Å². The Bertz CT molecular complexity index is 1070. The maximum absolute atomic E-state index is 5.90.